The molecule has 2 aliphatic heterocycles. The second-order valence-electron chi connectivity index (χ2n) is 7.65. The Balaban J connectivity index is 1.54. The zero-order valence-corrected chi connectivity index (χ0v) is 17.4. The van der Waals surface area contributed by atoms with E-state index in [1.165, 1.54) is 12.1 Å². The van der Waals surface area contributed by atoms with Crippen molar-refractivity contribution in [1.82, 2.24) is 0 Å². The third kappa shape index (κ3) is 3.31. The maximum absolute atomic E-state index is 14.1. The Bertz CT molecular complexity index is 1150. The number of carbonyl (C=O) groups is 2. The molecule has 6 nitrogen and oxygen atoms in total. The molecule has 0 spiro atoms. The first-order valence-corrected chi connectivity index (χ1v) is 10.5. The van der Waals surface area contributed by atoms with E-state index in [4.69, 9.17) is 9.57 Å². The van der Waals surface area contributed by atoms with Crippen molar-refractivity contribution in [3.05, 3.63) is 90.2 Å². The molecule has 2 fully saturated rings. The van der Waals surface area contributed by atoms with Crippen LogP contribution < -0.4 is 14.7 Å². The highest BCUT2D eigenvalue weighted by molar-refractivity contribution is 6.23. The van der Waals surface area contributed by atoms with Crippen LogP contribution in [0.25, 0.3) is 0 Å². The van der Waals surface area contributed by atoms with Gasteiger partial charge in [0.2, 0.25) is 5.91 Å². The van der Waals surface area contributed by atoms with Gasteiger partial charge in [-0.05, 0) is 61.0 Å². The first-order chi connectivity index (χ1) is 15.6. The van der Waals surface area contributed by atoms with Crippen LogP contribution in [0, 0.1) is 11.7 Å². The minimum atomic E-state index is -0.998. The van der Waals surface area contributed by atoms with Crippen molar-refractivity contribution >= 4 is 23.2 Å². The van der Waals surface area contributed by atoms with E-state index in [-0.39, 0.29) is 5.91 Å². The van der Waals surface area contributed by atoms with Gasteiger partial charge in [-0.2, -0.15) is 0 Å². The van der Waals surface area contributed by atoms with Gasteiger partial charge in [-0.3, -0.25) is 14.4 Å². The number of amides is 2. The van der Waals surface area contributed by atoms with Gasteiger partial charge >= 0.3 is 0 Å². The summed E-state index contributed by atoms with van der Waals surface area (Å²) in [5, 5.41) is 1.55. The second-order valence-corrected chi connectivity index (χ2v) is 7.65. The van der Waals surface area contributed by atoms with Gasteiger partial charge in [-0.1, -0.05) is 30.3 Å². The number of imide groups is 1. The molecule has 2 saturated heterocycles. The summed E-state index contributed by atoms with van der Waals surface area (Å²) >= 11 is 0. The smallest absolute Gasteiger partial charge is 0.266 e. The lowest BCUT2D eigenvalue weighted by Gasteiger charge is -2.28. The third-order valence-corrected chi connectivity index (χ3v) is 5.72. The van der Waals surface area contributed by atoms with Gasteiger partial charge in [0, 0.05) is 0 Å². The van der Waals surface area contributed by atoms with Gasteiger partial charge in [-0.15, -0.1) is 0 Å². The molecule has 3 aromatic carbocycles. The molecule has 5 rings (SSSR count). The van der Waals surface area contributed by atoms with Crippen LogP contribution in [0.1, 0.15) is 18.5 Å². The molecule has 0 N–H and O–H groups in total. The largest absolute Gasteiger partial charge is 0.494 e. The number of ether oxygens (including phenoxy) is 1. The molecule has 0 aliphatic carbocycles. The highest BCUT2D eigenvalue weighted by Crippen LogP contribution is 2.47. The number of hydrogen-bond acceptors (Lipinski definition) is 5. The summed E-state index contributed by atoms with van der Waals surface area (Å²) in [5.41, 5.74) is 1.70. The fraction of sp³-hybridized carbons (Fsp3) is 0.200. The molecule has 3 aromatic rings. The van der Waals surface area contributed by atoms with Crippen LogP contribution in [0.4, 0.5) is 15.8 Å². The first kappa shape index (κ1) is 20.2. The molecule has 0 saturated carbocycles. The summed E-state index contributed by atoms with van der Waals surface area (Å²) in [5.74, 6) is -1.39. The minimum absolute atomic E-state index is 0.378. The summed E-state index contributed by atoms with van der Waals surface area (Å²) < 4.78 is 19.5. The summed E-state index contributed by atoms with van der Waals surface area (Å²) in [4.78, 5) is 34.0. The normalized spacial score (nSPS) is 22.4. The van der Waals surface area contributed by atoms with Crippen LogP contribution in [-0.2, 0) is 14.4 Å². The van der Waals surface area contributed by atoms with Crippen molar-refractivity contribution in [2.75, 3.05) is 16.6 Å². The summed E-state index contributed by atoms with van der Waals surface area (Å²) in [6.07, 6.45) is -0.998. The highest BCUT2D eigenvalue weighted by atomic mass is 19.1. The molecule has 2 heterocycles. The van der Waals surface area contributed by atoms with Crippen molar-refractivity contribution in [3.8, 4) is 5.75 Å². The van der Waals surface area contributed by atoms with E-state index >= 15 is 0 Å². The molecule has 0 unspecified atom stereocenters. The van der Waals surface area contributed by atoms with E-state index in [0.717, 1.165) is 4.90 Å². The fourth-order valence-electron chi connectivity index (χ4n) is 4.36. The van der Waals surface area contributed by atoms with Crippen molar-refractivity contribution in [2.45, 2.75) is 19.1 Å². The van der Waals surface area contributed by atoms with E-state index in [9.17, 15) is 14.0 Å². The Morgan fingerprint density at radius 2 is 1.66 bits per heavy atom. The average molecular weight is 432 g/mol. The van der Waals surface area contributed by atoms with Crippen LogP contribution in [-0.4, -0.2) is 24.5 Å². The second kappa shape index (κ2) is 8.09. The number of benzene rings is 3. The average Bonchev–Trinajstić information content (AvgIpc) is 3.31. The topological polar surface area (TPSA) is 59.1 Å². The number of hydroxylamine groups is 1. The Kier molecular flexibility index (Phi) is 5.11. The maximum atomic E-state index is 14.1. The standard InChI is InChI=1S/C25H21FN2O4/c1-2-31-20-13-11-18(12-14-20)27-24(29)21-22(16-7-6-8-17(26)15-16)28(32-23(21)25(27)30)19-9-4-3-5-10-19/h3-15,21-23H,2H2,1H3/t21-,22+,23-/m0/s1. The van der Waals surface area contributed by atoms with E-state index in [2.05, 4.69) is 0 Å². The maximum Gasteiger partial charge on any atom is 0.266 e. The van der Waals surface area contributed by atoms with Gasteiger partial charge in [-0.25, -0.2) is 14.4 Å². The van der Waals surface area contributed by atoms with Crippen molar-refractivity contribution in [3.63, 3.8) is 0 Å². The molecule has 2 amide bonds. The molecule has 32 heavy (non-hydrogen) atoms. The van der Waals surface area contributed by atoms with Crippen molar-refractivity contribution in [2.24, 2.45) is 5.92 Å². The molecule has 2 aliphatic rings. The van der Waals surface area contributed by atoms with E-state index < -0.39 is 29.8 Å². The number of para-hydroxylation sites is 1. The summed E-state index contributed by atoms with van der Waals surface area (Å²) in [6, 6.07) is 21.4. The van der Waals surface area contributed by atoms with Gasteiger partial charge in [0.25, 0.3) is 5.91 Å². The molecular formula is C25H21FN2O4. The first-order valence-electron chi connectivity index (χ1n) is 10.5. The number of anilines is 2. The minimum Gasteiger partial charge on any atom is -0.494 e. The fourth-order valence-corrected chi connectivity index (χ4v) is 4.36. The number of rotatable bonds is 5. The van der Waals surface area contributed by atoms with Crippen molar-refractivity contribution in [1.29, 1.82) is 0 Å². The van der Waals surface area contributed by atoms with Gasteiger partial charge in [0.1, 0.15) is 17.5 Å². The summed E-state index contributed by atoms with van der Waals surface area (Å²) in [7, 11) is 0. The van der Waals surface area contributed by atoms with E-state index in [1.807, 2.05) is 37.3 Å². The number of nitrogens with zero attached hydrogens (tertiary/aromatic N) is 2. The molecule has 0 radical (unpaired) electrons. The monoisotopic (exact) mass is 432 g/mol. The Morgan fingerprint density at radius 3 is 2.34 bits per heavy atom. The molecule has 7 heteroatoms. The van der Waals surface area contributed by atoms with Gasteiger partial charge < -0.3 is 4.74 Å². The number of carbonyl (C=O) groups excluding carboxylic acids is 2. The molecular weight excluding hydrogens is 411 g/mol. The lowest BCUT2D eigenvalue weighted by atomic mass is 9.90. The van der Waals surface area contributed by atoms with Gasteiger partial charge in [0.15, 0.2) is 6.10 Å². The Morgan fingerprint density at radius 1 is 0.906 bits per heavy atom. The van der Waals surface area contributed by atoms with Gasteiger partial charge in [0.05, 0.1) is 24.0 Å². The number of hydrogen-bond donors (Lipinski definition) is 0. The highest BCUT2D eigenvalue weighted by Gasteiger charge is 2.60. The molecule has 162 valence electrons. The van der Waals surface area contributed by atoms with Crippen LogP contribution in [0.15, 0.2) is 78.9 Å². The van der Waals surface area contributed by atoms with E-state index in [1.54, 1.807) is 41.5 Å². The SMILES string of the molecule is CCOc1ccc(N2C(=O)[C@@H]3[C@H](ON(c4ccccc4)[C@@H]3c3cccc(F)c3)C2=O)cc1. The molecule has 0 aromatic heterocycles. The third-order valence-electron chi connectivity index (χ3n) is 5.72. The Hall–Kier alpha value is -3.71. The number of halogens is 1. The zero-order valence-electron chi connectivity index (χ0n) is 17.4. The number of fused-ring (bicyclic) bond motifs is 1. The summed E-state index contributed by atoms with van der Waals surface area (Å²) in [6.45, 7) is 2.40. The van der Waals surface area contributed by atoms with E-state index in [0.29, 0.717) is 29.3 Å². The molecule has 3 atom stereocenters. The predicted octanol–water partition coefficient (Wildman–Crippen LogP) is 4.28. The lowest BCUT2D eigenvalue weighted by Crippen LogP contribution is -2.37. The Labute approximate surface area is 184 Å². The quantitative estimate of drug-likeness (QED) is 0.564. The van der Waals surface area contributed by atoms with Crippen LogP contribution in [0.2, 0.25) is 0 Å². The van der Waals surface area contributed by atoms with Crippen LogP contribution in [0.3, 0.4) is 0 Å². The van der Waals surface area contributed by atoms with Crippen molar-refractivity contribution < 1.29 is 23.6 Å². The zero-order chi connectivity index (χ0) is 22.2. The van der Waals surface area contributed by atoms with Crippen LogP contribution in [0.5, 0.6) is 5.75 Å². The molecule has 0 bridgehead atoms. The lowest BCUT2D eigenvalue weighted by molar-refractivity contribution is -0.126. The predicted molar refractivity (Wildman–Crippen MR) is 117 cm³/mol. The van der Waals surface area contributed by atoms with Crippen LogP contribution >= 0.6 is 0 Å².